The zero-order valence-corrected chi connectivity index (χ0v) is 12.6. The first-order valence-corrected chi connectivity index (χ1v) is 7.83. The largest absolute Gasteiger partial charge is 0.361 e. The van der Waals surface area contributed by atoms with Gasteiger partial charge in [0.2, 0.25) is 5.91 Å². The Hall–Kier alpha value is -1.81. The van der Waals surface area contributed by atoms with E-state index < -0.39 is 0 Å². The predicted molar refractivity (Wildman–Crippen MR) is 85.3 cm³/mol. The first-order valence-electron chi connectivity index (χ1n) is 7.83. The minimum absolute atomic E-state index is 0.114. The van der Waals surface area contributed by atoms with Crippen LogP contribution in [0.1, 0.15) is 25.3 Å². The number of aromatic nitrogens is 1. The molecule has 4 nitrogen and oxygen atoms in total. The minimum atomic E-state index is 0.114. The van der Waals surface area contributed by atoms with Crippen LogP contribution in [0.3, 0.4) is 0 Å². The molecule has 2 N–H and O–H groups in total. The SMILES string of the molecule is CCN1CCC[C@@H]1CNC(=O)Cc1c[nH]c2ccccc12. The molecule has 21 heavy (non-hydrogen) atoms. The number of carbonyl (C=O) groups is 1. The molecule has 1 aliphatic heterocycles. The number of hydrogen-bond donors (Lipinski definition) is 2. The lowest BCUT2D eigenvalue weighted by Crippen LogP contribution is -2.40. The molecule has 2 heterocycles. The van der Waals surface area contributed by atoms with Gasteiger partial charge in [0.1, 0.15) is 0 Å². The van der Waals surface area contributed by atoms with Gasteiger partial charge in [-0.3, -0.25) is 9.69 Å². The number of nitrogens with zero attached hydrogens (tertiary/aromatic N) is 1. The molecule has 0 aliphatic carbocycles. The summed E-state index contributed by atoms with van der Waals surface area (Å²) in [5, 5.41) is 4.24. The second-order valence-corrected chi connectivity index (χ2v) is 5.76. The van der Waals surface area contributed by atoms with Gasteiger partial charge in [0.15, 0.2) is 0 Å². The van der Waals surface area contributed by atoms with E-state index in [9.17, 15) is 4.79 Å². The van der Waals surface area contributed by atoms with Crippen molar-refractivity contribution in [2.24, 2.45) is 0 Å². The number of amides is 1. The van der Waals surface area contributed by atoms with E-state index in [1.165, 1.54) is 19.4 Å². The third-order valence-electron chi connectivity index (χ3n) is 4.47. The number of fused-ring (bicyclic) bond motifs is 1. The maximum absolute atomic E-state index is 12.2. The Kier molecular flexibility index (Phi) is 4.25. The lowest BCUT2D eigenvalue weighted by atomic mass is 10.1. The molecule has 1 fully saturated rings. The molecule has 4 heteroatoms. The molecule has 112 valence electrons. The number of para-hydroxylation sites is 1. The van der Waals surface area contributed by atoms with Crippen LogP contribution in [0.15, 0.2) is 30.5 Å². The van der Waals surface area contributed by atoms with E-state index in [1.807, 2.05) is 24.4 Å². The van der Waals surface area contributed by atoms with Crippen LogP contribution in [-0.4, -0.2) is 41.5 Å². The molecule has 0 saturated carbocycles. The summed E-state index contributed by atoms with van der Waals surface area (Å²) in [5.41, 5.74) is 2.16. The van der Waals surface area contributed by atoms with Crippen LogP contribution < -0.4 is 5.32 Å². The summed E-state index contributed by atoms with van der Waals surface area (Å²) in [6, 6.07) is 8.62. The van der Waals surface area contributed by atoms with Crippen LogP contribution in [0, 0.1) is 0 Å². The fourth-order valence-corrected chi connectivity index (χ4v) is 3.29. The number of likely N-dealkylation sites (tertiary alicyclic amines) is 1. The summed E-state index contributed by atoms with van der Waals surface area (Å²) in [7, 11) is 0. The fraction of sp³-hybridized carbons (Fsp3) is 0.471. The van der Waals surface area contributed by atoms with Crippen molar-refractivity contribution in [3.8, 4) is 0 Å². The van der Waals surface area contributed by atoms with Crippen molar-refractivity contribution in [1.29, 1.82) is 0 Å². The van der Waals surface area contributed by atoms with Gasteiger partial charge < -0.3 is 10.3 Å². The van der Waals surface area contributed by atoms with Gasteiger partial charge in [-0.1, -0.05) is 25.1 Å². The molecule has 1 saturated heterocycles. The van der Waals surface area contributed by atoms with Crippen molar-refractivity contribution in [2.75, 3.05) is 19.6 Å². The van der Waals surface area contributed by atoms with Gasteiger partial charge in [-0.15, -0.1) is 0 Å². The van der Waals surface area contributed by atoms with E-state index in [0.717, 1.165) is 29.6 Å². The molecule has 0 bridgehead atoms. The van der Waals surface area contributed by atoms with Crippen molar-refractivity contribution in [3.05, 3.63) is 36.0 Å². The van der Waals surface area contributed by atoms with Crippen LogP contribution in [-0.2, 0) is 11.2 Å². The van der Waals surface area contributed by atoms with Gasteiger partial charge in [0, 0.05) is 29.7 Å². The van der Waals surface area contributed by atoms with Crippen LogP contribution in [0.4, 0.5) is 0 Å². The summed E-state index contributed by atoms with van der Waals surface area (Å²) in [6.45, 7) is 5.20. The molecular formula is C17H23N3O. The van der Waals surface area contributed by atoms with E-state index >= 15 is 0 Å². The van der Waals surface area contributed by atoms with E-state index in [0.29, 0.717) is 12.5 Å². The third-order valence-corrected chi connectivity index (χ3v) is 4.47. The molecule has 1 atom stereocenters. The monoisotopic (exact) mass is 285 g/mol. The second kappa shape index (κ2) is 6.31. The summed E-state index contributed by atoms with van der Waals surface area (Å²) in [5.74, 6) is 0.114. The topological polar surface area (TPSA) is 48.1 Å². The van der Waals surface area contributed by atoms with Crippen LogP contribution in [0.2, 0.25) is 0 Å². The van der Waals surface area contributed by atoms with Crippen molar-refractivity contribution in [3.63, 3.8) is 0 Å². The summed E-state index contributed by atoms with van der Waals surface area (Å²) < 4.78 is 0. The number of H-pyrrole nitrogens is 1. The van der Waals surface area contributed by atoms with Crippen molar-refractivity contribution >= 4 is 16.8 Å². The Morgan fingerprint density at radius 1 is 1.43 bits per heavy atom. The lowest BCUT2D eigenvalue weighted by Gasteiger charge is -2.22. The first-order chi connectivity index (χ1) is 10.3. The van der Waals surface area contributed by atoms with Crippen molar-refractivity contribution in [1.82, 2.24) is 15.2 Å². The number of aromatic amines is 1. The molecule has 1 amide bonds. The smallest absolute Gasteiger partial charge is 0.224 e. The van der Waals surface area contributed by atoms with Crippen molar-refractivity contribution in [2.45, 2.75) is 32.2 Å². The zero-order chi connectivity index (χ0) is 14.7. The van der Waals surface area contributed by atoms with E-state index in [-0.39, 0.29) is 5.91 Å². The average molecular weight is 285 g/mol. The molecule has 0 spiro atoms. The Labute approximate surface area is 125 Å². The highest BCUT2D eigenvalue weighted by molar-refractivity contribution is 5.88. The normalized spacial score (nSPS) is 19.2. The van der Waals surface area contributed by atoms with E-state index in [1.54, 1.807) is 0 Å². The molecular weight excluding hydrogens is 262 g/mol. The molecule has 3 rings (SSSR count). The number of carbonyl (C=O) groups excluding carboxylic acids is 1. The fourth-order valence-electron chi connectivity index (χ4n) is 3.29. The first kappa shape index (κ1) is 14.1. The van der Waals surface area contributed by atoms with Gasteiger partial charge in [-0.05, 0) is 37.6 Å². The number of rotatable bonds is 5. The predicted octanol–water partition coefficient (Wildman–Crippen LogP) is 2.31. The maximum atomic E-state index is 12.2. The minimum Gasteiger partial charge on any atom is -0.361 e. The molecule has 1 aliphatic rings. The molecule has 2 aromatic rings. The standard InChI is InChI=1S/C17H23N3O/c1-2-20-9-5-6-14(20)12-19-17(21)10-13-11-18-16-8-4-3-7-15(13)16/h3-4,7-8,11,14,18H,2,5-6,9-10,12H2,1H3,(H,19,21)/t14-/m1/s1. The van der Waals surface area contributed by atoms with Crippen LogP contribution in [0.5, 0.6) is 0 Å². The molecule has 1 aromatic carbocycles. The maximum Gasteiger partial charge on any atom is 0.224 e. The van der Waals surface area contributed by atoms with Crippen molar-refractivity contribution < 1.29 is 4.79 Å². The lowest BCUT2D eigenvalue weighted by molar-refractivity contribution is -0.120. The van der Waals surface area contributed by atoms with Crippen LogP contribution in [0.25, 0.3) is 10.9 Å². The van der Waals surface area contributed by atoms with Gasteiger partial charge in [-0.25, -0.2) is 0 Å². The highest BCUT2D eigenvalue weighted by Crippen LogP contribution is 2.18. The quantitative estimate of drug-likeness (QED) is 0.885. The van der Waals surface area contributed by atoms with Gasteiger partial charge in [-0.2, -0.15) is 0 Å². The Morgan fingerprint density at radius 3 is 3.14 bits per heavy atom. The molecule has 1 aromatic heterocycles. The number of nitrogens with one attached hydrogen (secondary N) is 2. The summed E-state index contributed by atoms with van der Waals surface area (Å²) in [6.07, 6.45) is 4.83. The highest BCUT2D eigenvalue weighted by Gasteiger charge is 2.23. The summed E-state index contributed by atoms with van der Waals surface area (Å²) >= 11 is 0. The van der Waals surface area contributed by atoms with Crippen LogP contribution >= 0.6 is 0 Å². The van der Waals surface area contributed by atoms with Gasteiger partial charge >= 0.3 is 0 Å². The van der Waals surface area contributed by atoms with Gasteiger partial charge in [0.05, 0.1) is 6.42 Å². The molecule has 0 unspecified atom stereocenters. The summed E-state index contributed by atoms with van der Waals surface area (Å²) in [4.78, 5) is 17.8. The number of benzene rings is 1. The Balaban J connectivity index is 1.57. The van der Waals surface area contributed by atoms with Gasteiger partial charge in [0.25, 0.3) is 0 Å². The van der Waals surface area contributed by atoms with E-state index in [2.05, 4.69) is 28.2 Å². The highest BCUT2D eigenvalue weighted by atomic mass is 16.1. The Bertz CT molecular complexity index is 619. The van der Waals surface area contributed by atoms with E-state index in [4.69, 9.17) is 0 Å². The average Bonchev–Trinajstić information content (AvgIpc) is 3.12. The second-order valence-electron chi connectivity index (χ2n) is 5.76. The molecule has 0 radical (unpaired) electrons. The zero-order valence-electron chi connectivity index (χ0n) is 12.6. The Morgan fingerprint density at radius 2 is 2.29 bits per heavy atom. The third kappa shape index (κ3) is 3.10. The number of likely N-dealkylation sites (N-methyl/N-ethyl adjacent to an activating group) is 1. The number of hydrogen-bond acceptors (Lipinski definition) is 2.